The van der Waals surface area contributed by atoms with E-state index in [0.717, 1.165) is 5.56 Å². The highest BCUT2D eigenvalue weighted by Crippen LogP contribution is 2.34. The fourth-order valence-electron chi connectivity index (χ4n) is 2.77. The second-order valence-corrected chi connectivity index (χ2v) is 7.19. The van der Waals surface area contributed by atoms with Crippen molar-refractivity contribution >= 4 is 10.0 Å². The van der Waals surface area contributed by atoms with Crippen LogP contribution in [0.25, 0.3) is 0 Å². The molecular formula is C15H18N2O4S. The van der Waals surface area contributed by atoms with Crippen LogP contribution >= 0.6 is 0 Å². The molecule has 2 unspecified atom stereocenters. The topological polar surface area (TPSA) is 72.6 Å². The van der Waals surface area contributed by atoms with Crippen LogP contribution in [0.4, 0.5) is 0 Å². The molecule has 0 bridgehead atoms. The van der Waals surface area contributed by atoms with Gasteiger partial charge in [-0.25, -0.2) is 8.42 Å². The number of sulfonamides is 1. The summed E-state index contributed by atoms with van der Waals surface area (Å²) in [5.41, 5.74) is 1.33. The fourth-order valence-corrected chi connectivity index (χ4v) is 4.58. The van der Waals surface area contributed by atoms with Gasteiger partial charge in [0.05, 0.1) is 6.10 Å². The van der Waals surface area contributed by atoms with Crippen molar-refractivity contribution < 1.29 is 17.7 Å². The van der Waals surface area contributed by atoms with E-state index in [-0.39, 0.29) is 17.5 Å². The van der Waals surface area contributed by atoms with Gasteiger partial charge in [0.1, 0.15) is 16.8 Å². The normalized spacial score (nSPS) is 23.0. The summed E-state index contributed by atoms with van der Waals surface area (Å²) in [6.45, 7) is 5.24. The zero-order valence-corrected chi connectivity index (χ0v) is 13.5. The summed E-state index contributed by atoms with van der Waals surface area (Å²) in [6, 6.07) is 9.61. The van der Waals surface area contributed by atoms with Crippen molar-refractivity contribution in [3.8, 4) is 0 Å². The maximum Gasteiger partial charge on any atom is 0.250 e. The van der Waals surface area contributed by atoms with Crippen LogP contribution in [0.1, 0.15) is 30.0 Å². The molecular weight excluding hydrogens is 304 g/mol. The minimum atomic E-state index is -3.69. The lowest BCUT2D eigenvalue weighted by molar-refractivity contribution is 0.0344. The Morgan fingerprint density at radius 1 is 1.23 bits per heavy atom. The lowest BCUT2D eigenvalue weighted by Gasteiger charge is -2.18. The smallest absolute Gasteiger partial charge is 0.250 e. The molecule has 0 radical (unpaired) electrons. The molecule has 0 saturated carbocycles. The van der Waals surface area contributed by atoms with Crippen molar-refractivity contribution in [2.45, 2.75) is 38.0 Å². The number of benzene rings is 1. The Hall–Kier alpha value is -1.70. The molecule has 6 nitrogen and oxygen atoms in total. The number of ether oxygens (including phenoxy) is 1. The summed E-state index contributed by atoms with van der Waals surface area (Å²) in [7, 11) is -3.69. The van der Waals surface area contributed by atoms with E-state index in [1.54, 1.807) is 20.8 Å². The van der Waals surface area contributed by atoms with Crippen LogP contribution in [0, 0.1) is 13.8 Å². The van der Waals surface area contributed by atoms with E-state index in [1.165, 1.54) is 4.31 Å². The largest absolute Gasteiger partial charge is 0.360 e. The van der Waals surface area contributed by atoms with Crippen LogP contribution in [-0.4, -0.2) is 30.7 Å². The number of hydrogen-bond donors (Lipinski definition) is 0. The summed E-state index contributed by atoms with van der Waals surface area (Å²) >= 11 is 0. The first-order valence-corrected chi connectivity index (χ1v) is 8.50. The highest BCUT2D eigenvalue weighted by atomic mass is 32.2. The van der Waals surface area contributed by atoms with E-state index in [1.807, 2.05) is 30.3 Å². The molecule has 2 aromatic rings. The van der Waals surface area contributed by atoms with E-state index in [0.29, 0.717) is 11.5 Å². The molecule has 2 heterocycles. The van der Waals surface area contributed by atoms with Gasteiger partial charge < -0.3 is 9.26 Å². The molecule has 0 N–H and O–H groups in total. The summed E-state index contributed by atoms with van der Waals surface area (Å²) in [6.07, 6.45) is -0.810. The zero-order valence-electron chi connectivity index (χ0n) is 12.7. The number of nitrogens with zero attached hydrogens (tertiary/aromatic N) is 2. The van der Waals surface area contributed by atoms with Crippen LogP contribution in [0.3, 0.4) is 0 Å². The standard InChI is InChI=1S/C15H18N2O4S/c1-10-15(11(2)21-16-10)22(18,19)17-9-14(20-12(17)3)13-7-5-4-6-8-13/h4-8,12,14H,9H2,1-3H3. The third-order valence-corrected chi connectivity index (χ3v) is 5.98. The van der Waals surface area contributed by atoms with Gasteiger partial charge in [-0.3, -0.25) is 0 Å². The van der Waals surface area contributed by atoms with Gasteiger partial charge in [0.25, 0.3) is 10.0 Å². The van der Waals surface area contributed by atoms with Crippen LogP contribution in [0.5, 0.6) is 0 Å². The second-order valence-electron chi connectivity index (χ2n) is 5.36. The van der Waals surface area contributed by atoms with Crippen LogP contribution < -0.4 is 0 Å². The molecule has 0 amide bonds. The Morgan fingerprint density at radius 2 is 1.91 bits per heavy atom. The van der Waals surface area contributed by atoms with Gasteiger partial charge in [0, 0.05) is 6.54 Å². The molecule has 22 heavy (non-hydrogen) atoms. The number of rotatable bonds is 3. The average molecular weight is 322 g/mol. The molecule has 2 atom stereocenters. The monoisotopic (exact) mass is 322 g/mol. The molecule has 1 aromatic heterocycles. The number of hydrogen-bond acceptors (Lipinski definition) is 5. The fraction of sp³-hybridized carbons (Fsp3) is 0.400. The molecule has 118 valence electrons. The van der Waals surface area contributed by atoms with E-state index >= 15 is 0 Å². The maximum atomic E-state index is 12.9. The van der Waals surface area contributed by atoms with Gasteiger partial charge in [0.2, 0.25) is 0 Å². The first kappa shape index (κ1) is 15.2. The summed E-state index contributed by atoms with van der Waals surface area (Å²) in [4.78, 5) is 0.136. The third-order valence-electron chi connectivity index (χ3n) is 3.82. The van der Waals surface area contributed by atoms with E-state index in [2.05, 4.69) is 5.16 Å². The lowest BCUT2D eigenvalue weighted by Crippen LogP contribution is -2.34. The molecule has 0 aliphatic carbocycles. The van der Waals surface area contributed by atoms with E-state index in [4.69, 9.17) is 9.26 Å². The quantitative estimate of drug-likeness (QED) is 0.867. The van der Waals surface area contributed by atoms with E-state index < -0.39 is 16.3 Å². The summed E-state index contributed by atoms with van der Waals surface area (Å²) < 4.78 is 37.9. The molecule has 7 heteroatoms. The van der Waals surface area contributed by atoms with Gasteiger partial charge in [-0.1, -0.05) is 35.5 Å². The zero-order chi connectivity index (χ0) is 15.9. The SMILES string of the molecule is Cc1noc(C)c1S(=O)(=O)N1CC(c2ccccc2)OC1C. The van der Waals surface area contributed by atoms with Crippen molar-refractivity contribution in [3.63, 3.8) is 0 Å². The Morgan fingerprint density at radius 3 is 2.50 bits per heavy atom. The first-order valence-electron chi connectivity index (χ1n) is 7.06. The van der Waals surface area contributed by atoms with Gasteiger partial charge in [-0.05, 0) is 26.3 Å². The molecule has 1 aromatic carbocycles. The Kier molecular flexibility index (Phi) is 3.80. The van der Waals surface area contributed by atoms with Crippen molar-refractivity contribution in [3.05, 3.63) is 47.3 Å². The minimum absolute atomic E-state index is 0.136. The van der Waals surface area contributed by atoms with Gasteiger partial charge >= 0.3 is 0 Å². The minimum Gasteiger partial charge on any atom is -0.360 e. The summed E-state index contributed by atoms with van der Waals surface area (Å²) in [5, 5.41) is 3.73. The van der Waals surface area contributed by atoms with Crippen molar-refractivity contribution in [1.29, 1.82) is 0 Å². The predicted molar refractivity (Wildman–Crippen MR) is 79.6 cm³/mol. The highest BCUT2D eigenvalue weighted by molar-refractivity contribution is 7.89. The van der Waals surface area contributed by atoms with Crippen molar-refractivity contribution in [2.75, 3.05) is 6.54 Å². The van der Waals surface area contributed by atoms with Crippen LogP contribution in [0.2, 0.25) is 0 Å². The molecule has 1 aliphatic heterocycles. The number of aryl methyl sites for hydroxylation is 2. The van der Waals surface area contributed by atoms with Crippen LogP contribution in [0.15, 0.2) is 39.8 Å². The molecule has 0 spiro atoms. The summed E-state index contributed by atoms with van der Waals surface area (Å²) in [5.74, 6) is 0.299. The van der Waals surface area contributed by atoms with Crippen LogP contribution in [-0.2, 0) is 14.8 Å². The van der Waals surface area contributed by atoms with Gasteiger partial charge in [-0.15, -0.1) is 0 Å². The molecule has 1 aliphatic rings. The highest BCUT2D eigenvalue weighted by Gasteiger charge is 2.41. The van der Waals surface area contributed by atoms with E-state index in [9.17, 15) is 8.42 Å². The predicted octanol–water partition coefficient (Wildman–Crippen LogP) is 2.40. The molecule has 3 rings (SSSR count). The number of aromatic nitrogens is 1. The second kappa shape index (κ2) is 5.49. The average Bonchev–Trinajstić information content (AvgIpc) is 3.03. The Bertz CT molecular complexity index is 751. The maximum absolute atomic E-state index is 12.9. The Labute approximate surface area is 129 Å². The first-order chi connectivity index (χ1) is 10.4. The molecule has 1 fully saturated rings. The molecule has 1 saturated heterocycles. The van der Waals surface area contributed by atoms with Crippen molar-refractivity contribution in [1.82, 2.24) is 9.46 Å². The van der Waals surface area contributed by atoms with Gasteiger partial charge in [-0.2, -0.15) is 4.31 Å². The van der Waals surface area contributed by atoms with Crippen molar-refractivity contribution in [2.24, 2.45) is 0 Å². The third kappa shape index (κ3) is 2.45. The Balaban J connectivity index is 1.93. The van der Waals surface area contributed by atoms with Gasteiger partial charge in [0.15, 0.2) is 5.76 Å². The lowest BCUT2D eigenvalue weighted by atomic mass is 10.1.